The molecule has 0 aliphatic carbocycles. The highest BCUT2D eigenvalue weighted by atomic mass is 79.9. The van der Waals surface area contributed by atoms with E-state index in [0.29, 0.717) is 5.75 Å². The van der Waals surface area contributed by atoms with Gasteiger partial charge in [0, 0.05) is 30.7 Å². The molecule has 1 aliphatic rings. The lowest BCUT2D eigenvalue weighted by Crippen LogP contribution is -3.00. The number of nitrogens with zero attached hydrogens (tertiary/aromatic N) is 1. The van der Waals surface area contributed by atoms with Crippen LogP contribution in [0.2, 0.25) is 0 Å². The monoisotopic (exact) mass is 429 g/mol. The molecule has 27 heavy (non-hydrogen) atoms. The number of hydrogen-bond acceptors (Lipinski definition) is 1. The number of benzene rings is 2. The topological polar surface area (TPSA) is 20.2 Å². The molecular weight excluding hydrogens is 398 g/mol. The summed E-state index contributed by atoms with van der Waals surface area (Å²) in [6.07, 6.45) is 3.69. The third kappa shape index (κ3) is 5.46. The Morgan fingerprint density at radius 1 is 1.11 bits per heavy atom. The second-order valence-corrected chi connectivity index (χ2v) is 8.15. The van der Waals surface area contributed by atoms with E-state index in [0.717, 1.165) is 29.6 Å². The van der Waals surface area contributed by atoms with Crippen molar-refractivity contribution in [2.75, 3.05) is 26.2 Å². The van der Waals surface area contributed by atoms with Crippen LogP contribution in [-0.2, 0) is 0 Å². The van der Waals surface area contributed by atoms with E-state index in [2.05, 4.69) is 56.8 Å². The van der Waals surface area contributed by atoms with Gasteiger partial charge in [-0.05, 0) is 31.1 Å². The van der Waals surface area contributed by atoms with Crippen LogP contribution in [0.1, 0.15) is 48.8 Å². The first-order valence-electron chi connectivity index (χ1n) is 9.83. The van der Waals surface area contributed by atoms with Gasteiger partial charge in [0.15, 0.2) is 0 Å². The lowest BCUT2D eigenvalue weighted by atomic mass is 9.86. The van der Waals surface area contributed by atoms with E-state index in [9.17, 15) is 5.11 Å². The van der Waals surface area contributed by atoms with Crippen molar-refractivity contribution in [2.24, 2.45) is 0 Å². The number of quaternary nitrogens is 1. The summed E-state index contributed by atoms with van der Waals surface area (Å²) in [5.74, 6) is 0.647. The molecule has 2 nitrogen and oxygen atoms in total. The number of halogens is 1. The molecule has 1 heterocycles. The minimum absolute atomic E-state index is 0. The van der Waals surface area contributed by atoms with Crippen molar-refractivity contribution in [2.45, 2.75) is 39.0 Å². The van der Waals surface area contributed by atoms with Gasteiger partial charge in [-0.3, -0.25) is 0 Å². The van der Waals surface area contributed by atoms with Crippen molar-refractivity contribution >= 4 is 0 Å². The SMILES string of the molecule is C=C(C)C[N+]1(CCC(c2ccccc2)c2cc(C)ccc2O)CCCC1.[Br-]. The molecule has 0 amide bonds. The van der Waals surface area contributed by atoms with Crippen molar-refractivity contribution in [3.05, 3.63) is 77.4 Å². The van der Waals surface area contributed by atoms with Gasteiger partial charge >= 0.3 is 0 Å². The Hall–Kier alpha value is -1.58. The van der Waals surface area contributed by atoms with Crippen LogP contribution >= 0.6 is 0 Å². The predicted octanol–water partition coefficient (Wildman–Crippen LogP) is 2.41. The average Bonchev–Trinajstić information content (AvgIpc) is 3.07. The Morgan fingerprint density at radius 3 is 2.41 bits per heavy atom. The molecule has 1 N–H and O–H groups in total. The highest BCUT2D eigenvalue weighted by Crippen LogP contribution is 2.36. The summed E-state index contributed by atoms with van der Waals surface area (Å²) in [6, 6.07) is 16.6. The molecule has 1 saturated heterocycles. The van der Waals surface area contributed by atoms with Gasteiger partial charge in [-0.25, -0.2) is 0 Å². The molecule has 146 valence electrons. The predicted molar refractivity (Wildman–Crippen MR) is 110 cm³/mol. The molecule has 0 spiro atoms. The highest BCUT2D eigenvalue weighted by molar-refractivity contribution is 5.43. The minimum atomic E-state index is 0. The van der Waals surface area contributed by atoms with Crippen molar-refractivity contribution in [3.8, 4) is 5.75 Å². The van der Waals surface area contributed by atoms with Crippen LogP contribution in [-0.4, -0.2) is 35.8 Å². The van der Waals surface area contributed by atoms with E-state index in [1.165, 1.54) is 42.6 Å². The Morgan fingerprint density at radius 2 is 1.78 bits per heavy atom. The molecule has 1 aliphatic heterocycles. The zero-order valence-electron chi connectivity index (χ0n) is 16.6. The van der Waals surface area contributed by atoms with Gasteiger partial charge < -0.3 is 26.6 Å². The van der Waals surface area contributed by atoms with Crippen molar-refractivity contribution in [1.82, 2.24) is 0 Å². The normalized spacial score (nSPS) is 16.5. The van der Waals surface area contributed by atoms with Gasteiger partial charge in [-0.15, -0.1) is 0 Å². The Bertz CT molecular complexity index is 750. The molecule has 1 unspecified atom stereocenters. The molecule has 3 heteroatoms. The van der Waals surface area contributed by atoms with Crippen LogP contribution in [0.25, 0.3) is 0 Å². The lowest BCUT2D eigenvalue weighted by molar-refractivity contribution is -0.912. The maximum Gasteiger partial charge on any atom is 0.119 e. The first kappa shape index (κ1) is 21.7. The first-order chi connectivity index (χ1) is 12.5. The van der Waals surface area contributed by atoms with Gasteiger partial charge in [0.2, 0.25) is 0 Å². The summed E-state index contributed by atoms with van der Waals surface area (Å²) in [6.45, 7) is 13.2. The third-order valence-corrected chi connectivity index (χ3v) is 5.77. The third-order valence-electron chi connectivity index (χ3n) is 5.77. The van der Waals surface area contributed by atoms with E-state index in [-0.39, 0.29) is 22.9 Å². The van der Waals surface area contributed by atoms with Gasteiger partial charge in [0.1, 0.15) is 5.75 Å². The van der Waals surface area contributed by atoms with E-state index >= 15 is 0 Å². The van der Waals surface area contributed by atoms with Crippen LogP contribution in [0.4, 0.5) is 0 Å². The number of aryl methyl sites for hydroxylation is 1. The van der Waals surface area contributed by atoms with E-state index < -0.39 is 0 Å². The molecule has 0 aromatic heterocycles. The largest absolute Gasteiger partial charge is 1.00 e. The molecule has 1 fully saturated rings. The van der Waals surface area contributed by atoms with E-state index in [1.807, 2.05) is 12.1 Å². The fourth-order valence-electron chi connectivity index (χ4n) is 4.58. The maximum atomic E-state index is 10.5. The van der Waals surface area contributed by atoms with Gasteiger partial charge in [-0.1, -0.05) is 54.6 Å². The zero-order chi connectivity index (χ0) is 18.6. The first-order valence-corrected chi connectivity index (χ1v) is 9.83. The minimum Gasteiger partial charge on any atom is -1.00 e. The average molecular weight is 430 g/mol. The van der Waals surface area contributed by atoms with Crippen molar-refractivity contribution in [1.29, 1.82) is 0 Å². The second-order valence-electron chi connectivity index (χ2n) is 8.15. The van der Waals surface area contributed by atoms with E-state index in [4.69, 9.17) is 0 Å². The lowest BCUT2D eigenvalue weighted by Gasteiger charge is -2.36. The quantitative estimate of drug-likeness (QED) is 0.529. The van der Waals surface area contributed by atoms with Crippen LogP contribution in [0.3, 0.4) is 0 Å². The van der Waals surface area contributed by atoms with Crippen LogP contribution in [0.15, 0.2) is 60.7 Å². The maximum absolute atomic E-state index is 10.5. The number of hydrogen-bond donors (Lipinski definition) is 1. The molecule has 2 aromatic carbocycles. The van der Waals surface area contributed by atoms with Crippen molar-refractivity contribution in [3.63, 3.8) is 0 Å². The highest BCUT2D eigenvalue weighted by Gasteiger charge is 2.33. The van der Waals surface area contributed by atoms with Gasteiger partial charge in [0.05, 0.1) is 26.2 Å². The Labute approximate surface area is 174 Å². The number of likely N-dealkylation sites (tertiary alicyclic amines) is 1. The van der Waals surface area contributed by atoms with Gasteiger partial charge in [0.25, 0.3) is 0 Å². The Balaban J connectivity index is 0.00000261. The molecule has 1 atom stereocenters. The van der Waals surface area contributed by atoms with Gasteiger partial charge in [-0.2, -0.15) is 0 Å². The fraction of sp³-hybridized carbons (Fsp3) is 0.417. The zero-order valence-corrected chi connectivity index (χ0v) is 18.2. The van der Waals surface area contributed by atoms with Crippen molar-refractivity contribution < 1.29 is 26.6 Å². The number of phenolic OH excluding ortho intramolecular Hbond substituents is 1. The molecule has 0 bridgehead atoms. The molecule has 3 rings (SSSR count). The fourth-order valence-corrected chi connectivity index (χ4v) is 4.58. The smallest absolute Gasteiger partial charge is 0.119 e. The van der Waals surface area contributed by atoms with Crippen LogP contribution < -0.4 is 17.0 Å². The molecule has 0 radical (unpaired) electrons. The van der Waals surface area contributed by atoms with Crippen LogP contribution in [0, 0.1) is 6.92 Å². The summed E-state index contributed by atoms with van der Waals surface area (Å²) in [5.41, 5.74) is 4.83. The summed E-state index contributed by atoms with van der Waals surface area (Å²) in [5, 5.41) is 10.5. The number of phenols is 1. The summed E-state index contributed by atoms with van der Waals surface area (Å²) in [4.78, 5) is 0. The standard InChI is InChI=1S/C24H31NO.BrH/c1-19(2)18-25(14-7-8-15-25)16-13-22(21-9-5-4-6-10-21)23-17-20(3)11-12-24(23)26;/h4-6,9-12,17,22H,1,7-8,13-16,18H2,2-3H3;1H. The Kier molecular flexibility index (Phi) is 7.69. The van der Waals surface area contributed by atoms with Crippen LogP contribution in [0.5, 0.6) is 5.75 Å². The summed E-state index contributed by atoms with van der Waals surface area (Å²) in [7, 11) is 0. The second kappa shape index (κ2) is 9.57. The molecule has 0 saturated carbocycles. The molecule has 2 aromatic rings. The molecular formula is C24H32BrNO. The van der Waals surface area contributed by atoms with E-state index in [1.54, 1.807) is 0 Å². The number of rotatable bonds is 7. The summed E-state index contributed by atoms with van der Waals surface area (Å²) < 4.78 is 1.16. The summed E-state index contributed by atoms with van der Waals surface area (Å²) >= 11 is 0. The number of aromatic hydroxyl groups is 1.